The Kier molecular flexibility index (Phi) is 2.54. The van der Waals surface area contributed by atoms with Crippen LogP contribution in [0, 0.1) is 0 Å². The van der Waals surface area contributed by atoms with Crippen LogP contribution in [-0.2, 0) is 0 Å². The Morgan fingerprint density at radius 2 is 1.79 bits per heavy atom. The first kappa shape index (κ1) is 11.0. The van der Waals surface area contributed by atoms with Gasteiger partial charge in [-0.25, -0.2) is 0 Å². The summed E-state index contributed by atoms with van der Waals surface area (Å²) in [4.78, 5) is 0. The maximum Gasteiger partial charge on any atom is 0.458 e. The molecule has 0 aliphatic heterocycles. The minimum atomic E-state index is -5.54. The van der Waals surface area contributed by atoms with E-state index in [2.05, 4.69) is 5.73 Å². The van der Waals surface area contributed by atoms with Crippen LogP contribution in [0.25, 0.3) is 0 Å². The molecule has 5 heteroatoms. The molecule has 1 aliphatic rings. The van der Waals surface area contributed by atoms with Crippen LogP contribution in [0.15, 0.2) is 29.0 Å². The molecule has 1 rings (SSSR count). The summed E-state index contributed by atoms with van der Waals surface area (Å²) in [5.41, 5.74) is 1.95. The second-order valence-corrected chi connectivity index (χ2v) is 3.00. The monoisotopic (exact) mass is 210 g/mol. The molecule has 0 aromatic carbocycles. The van der Waals surface area contributed by atoms with Crippen molar-refractivity contribution in [1.82, 2.24) is 0 Å². The average molecular weight is 210 g/mol. The van der Waals surface area contributed by atoms with Gasteiger partial charge >= 0.3 is 12.1 Å². The van der Waals surface area contributed by atoms with E-state index in [4.69, 9.17) is 0 Å². The highest BCUT2D eigenvalue weighted by atomic mass is 19.4. The normalized spacial score (nSPS) is 17.9. The summed E-state index contributed by atoms with van der Waals surface area (Å²) in [6, 6.07) is 0. The Bertz CT molecular complexity index is 326. The maximum absolute atomic E-state index is 12.7. The van der Waals surface area contributed by atoms with Crippen molar-refractivity contribution in [3.63, 3.8) is 0 Å². The van der Waals surface area contributed by atoms with Crippen LogP contribution >= 0.6 is 0 Å². The Balaban J connectivity index is 3.03. The molecule has 1 aliphatic carbocycles. The zero-order valence-electron chi connectivity index (χ0n) is 7.25. The number of hydrogen-bond acceptors (Lipinski definition) is 0. The van der Waals surface area contributed by atoms with Gasteiger partial charge in [0.25, 0.3) is 0 Å². The molecule has 78 valence electrons. The van der Waals surface area contributed by atoms with Gasteiger partial charge in [0, 0.05) is 5.57 Å². The van der Waals surface area contributed by atoms with Gasteiger partial charge in [0.05, 0.1) is 0 Å². The van der Waals surface area contributed by atoms with Crippen molar-refractivity contribution in [3.8, 4) is 0 Å². The molecule has 0 nitrogen and oxygen atoms in total. The number of rotatable bonds is 1. The molecule has 14 heavy (non-hydrogen) atoms. The van der Waals surface area contributed by atoms with Gasteiger partial charge in [-0.05, 0) is 25.0 Å². The molecule has 0 bridgehead atoms. The van der Waals surface area contributed by atoms with Crippen LogP contribution in [-0.4, -0.2) is 12.1 Å². The van der Waals surface area contributed by atoms with E-state index in [9.17, 15) is 22.0 Å². The molecule has 0 heterocycles. The molecule has 0 saturated carbocycles. The van der Waals surface area contributed by atoms with Crippen LogP contribution in [0.4, 0.5) is 22.0 Å². The van der Waals surface area contributed by atoms with E-state index in [1.165, 1.54) is 0 Å². The van der Waals surface area contributed by atoms with Crippen molar-refractivity contribution in [2.45, 2.75) is 25.4 Å². The van der Waals surface area contributed by atoms with Gasteiger partial charge in [0.15, 0.2) is 0 Å². The Hall–Kier alpha value is -1.09. The van der Waals surface area contributed by atoms with Crippen LogP contribution in [0.2, 0.25) is 0 Å². The van der Waals surface area contributed by atoms with Crippen LogP contribution in [0.3, 0.4) is 0 Å². The largest absolute Gasteiger partial charge is 0.458 e. The van der Waals surface area contributed by atoms with Crippen molar-refractivity contribution in [1.29, 1.82) is 0 Å². The van der Waals surface area contributed by atoms with Gasteiger partial charge in [0.1, 0.15) is 0 Å². The number of allylic oxidation sites excluding steroid dienone is 3. The average Bonchev–Trinajstić information content (AvgIpc) is 2.03. The van der Waals surface area contributed by atoms with E-state index in [0.717, 1.165) is 6.08 Å². The fourth-order valence-corrected chi connectivity index (χ4v) is 0.964. The van der Waals surface area contributed by atoms with Gasteiger partial charge in [0.2, 0.25) is 0 Å². The minimum absolute atomic E-state index is 0.0809. The molecular weight excluding hydrogens is 203 g/mol. The molecule has 0 saturated heterocycles. The van der Waals surface area contributed by atoms with Crippen molar-refractivity contribution in [3.05, 3.63) is 29.0 Å². The molecule has 0 aromatic rings. The Morgan fingerprint density at radius 1 is 1.21 bits per heavy atom. The predicted molar refractivity (Wildman–Crippen MR) is 41.0 cm³/mol. The van der Waals surface area contributed by atoms with Crippen LogP contribution in [0.5, 0.6) is 0 Å². The van der Waals surface area contributed by atoms with Crippen LogP contribution < -0.4 is 0 Å². The Morgan fingerprint density at radius 3 is 2.14 bits per heavy atom. The molecule has 0 radical (unpaired) electrons. The maximum atomic E-state index is 12.7. The number of halogens is 5. The highest BCUT2D eigenvalue weighted by Gasteiger charge is 2.59. The van der Waals surface area contributed by atoms with Crippen molar-refractivity contribution in [2.75, 3.05) is 0 Å². The fourth-order valence-electron chi connectivity index (χ4n) is 0.964. The van der Waals surface area contributed by atoms with E-state index < -0.39 is 17.7 Å². The summed E-state index contributed by atoms with van der Waals surface area (Å²) in [6.07, 6.45) is -3.90. The summed E-state index contributed by atoms with van der Waals surface area (Å²) < 4.78 is 60.9. The minimum Gasteiger partial charge on any atom is -0.191 e. The van der Waals surface area contributed by atoms with Gasteiger partial charge in [-0.1, -0.05) is 6.08 Å². The molecule has 0 spiro atoms. The van der Waals surface area contributed by atoms with Crippen molar-refractivity contribution >= 4 is 0 Å². The lowest BCUT2D eigenvalue weighted by atomic mass is 10.0. The van der Waals surface area contributed by atoms with Crippen LogP contribution in [0.1, 0.15) is 13.3 Å². The smallest absolute Gasteiger partial charge is 0.191 e. The first-order valence-electron chi connectivity index (χ1n) is 3.82. The molecule has 0 amide bonds. The first-order chi connectivity index (χ1) is 6.25. The van der Waals surface area contributed by atoms with Gasteiger partial charge in [-0.2, -0.15) is 22.0 Å². The molecule has 0 fully saturated rings. The lowest BCUT2D eigenvalue weighted by molar-refractivity contribution is -0.262. The van der Waals surface area contributed by atoms with Gasteiger partial charge in [-0.3, -0.25) is 0 Å². The quantitative estimate of drug-likeness (QED) is 0.458. The Labute approximate surface area is 77.4 Å². The number of hydrogen-bond donors (Lipinski definition) is 0. The summed E-state index contributed by atoms with van der Waals surface area (Å²) in [5, 5.41) is 0. The van der Waals surface area contributed by atoms with E-state index in [-0.39, 0.29) is 6.42 Å². The summed E-state index contributed by atoms with van der Waals surface area (Å²) >= 11 is 0. The predicted octanol–water partition coefficient (Wildman–Crippen LogP) is 3.62. The van der Waals surface area contributed by atoms with E-state index in [0.29, 0.717) is 11.6 Å². The summed E-state index contributed by atoms with van der Waals surface area (Å²) in [6.45, 7) is 1.61. The molecule has 0 N–H and O–H groups in total. The van der Waals surface area contributed by atoms with Crippen molar-refractivity contribution in [2.24, 2.45) is 0 Å². The first-order valence-corrected chi connectivity index (χ1v) is 3.82. The molecular formula is C9H7F5. The number of alkyl halides is 5. The fraction of sp³-hybridized carbons (Fsp3) is 0.444. The molecule has 0 aromatic heterocycles. The van der Waals surface area contributed by atoms with E-state index in [1.54, 1.807) is 6.92 Å². The highest BCUT2D eigenvalue weighted by molar-refractivity contribution is 5.33. The standard InChI is InChI=1S/C9H7F5/c1-6-2-4-7(5-3-6)8(10,11)9(12,13)14/h4-5H,2H2,1H3. The van der Waals surface area contributed by atoms with E-state index >= 15 is 0 Å². The summed E-state index contributed by atoms with van der Waals surface area (Å²) in [7, 11) is 0. The lowest BCUT2D eigenvalue weighted by Crippen LogP contribution is -2.37. The third-order valence-corrected chi connectivity index (χ3v) is 1.82. The van der Waals surface area contributed by atoms with Gasteiger partial charge < -0.3 is 0 Å². The third kappa shape index (κ3) is 1.87. The summed E-state index contributed by atoms with van der Waals surface area (Å²) in [5.74, 6) is -4.78. The second kappa shape index (κ2) is 3.24. The highest BCUT2D eigenvalue weighted by Crippen LogP contribution is 2.42. The zero-order valence-corrected chi connectivity index (χ0v) is 7.25. The second-order valence-electron chi connectivity index (χ2n) is 3.00. The third-order valence-electron chi connectivity index (χ3n) is 1.82. The van der Waals surface area contributed by atoms with E-state index in [1.807, 2.05) is 0 Å². The molecule has 0 atom stereocenters. The molecule has 0 unspecified atom stereocenters. The zero-order chi connectivity index (χ0) is 11.0. The SMILES string of the molecule is CC1=C=CC(C(F)(F)C(F)(F)F)=CC1. The van der Waals surface area contributed by atoms with Gasteiger partial charge in [-0.15, -0.1) is 5.73 Å². The van der Waals surface area contributed by atoms with Crippen molar-refractivity contribution < 1.29 is 22.0 Å². The lowest BCUT2D eigenvalue weighted by Gasteiger charge is -2.21. The topological polar surface area (TPSA) is 0 Å².